The number of aliphatic hydroxyl groups excluding tert-OH is 1. The molecule has 1 unspecified atom stereocenters. The lowest BCUT2D eigenvalue weighted by molar-refractivity contribution is -0.146. The molecule has 2 rings (SSSR count). The van der Waals surface area contributed by atoms with Crippen LogP contribution in [0.1, 0.15) is 11.7 Å². The summed E-state index contributed by atoms with van der Waals surface area (Å²) in [5.74, 6) is -1.24. The molecular weight excluding hydrogens is 272 g/mol. The molecule has 0 radical (unpaired) electrons. The van der Waals surface area contributed by atoms with Crippen molar-refractivity contribution in [3.8, 4) is 0 Å². The first kappa shape index (κ1) is 11.1. The molecule has 0 aliphatic carbocycles. The summed E-state index contributed by atoms with van der Waals surface area (Å²) < 4.78 is 0.918. The third kappa shape index (κ3) is 1.94. The van der Waals surface area contributed by atoms with Crippen molar-refractivity contribution in [1.29, 1.82) is 0 Å². The van der Waals surface area contributed by atoms with Gasteiger partial charge in [-0.05, 0) is 28.5 Å². The first-order valence-electron chi connectivity index (χ1n) is 4.68. The molecule has 0 aliphatic heterocycles. The normalized spacial score (nSPS) is 12.6. The number of halogens is 1. The number of carbonyl (C=O) groups is 1. The van der Waals surface area contributed by atoms with E-state index in [1.54, 1.807) is 18.2 Å². The molecule has 4 heteroatoms. The lowest BCUT2D eigenvalue weighted by Gasteiger charge is -2.09. The van der Waals surface area contributed by atoms with E-state index in [-0.39, 0.29) is 0 Å². The highest BCUT2D eigenvalue weighted by atomic mass is 79.9. The monoisotopic (exact) mass is 280 g/mol. The predicted octanol–water partition coefficient (Wildman–Crippen LogP) is 2.72. The van der Waals surface area contributed by atoms with E-state index in [9.17, 15) is 9.90 Å². The lowest BCUT2D eigenvalue weighted by atomic mass is 10.0. The quantitative estimate of drug-likeness (QED) is 0.889. The summed E-state index contributed by atoms with van der Waals surface area (Å²) in [6.45, 7) is 0. The minimum Gasteiger partial charge on any atom is -0.479 e. The van der Waals surface area contributed by atoms with Gasteiger partial charge in [-0.2, -0.15) is 0 Å². The molecule has 0 aromatic heterocycles. The van der Waals surface area contributed by atoms with Crippen LogP contribution in [0, 0.1) is 0 Å². The molecule has 0 saturated heterocycles. The average Bonchev–Trinajstić information content (AvgIpc) is 2.26. The zero-order valence-electron chi connectivity index (χ0n) is 8.22. The molecule has 82 valence electrons. The molecular formula is C12H9BrO3. The minimum absolute atomic E-state index is 0.414. The summed E-state index contributed by atoms with van der Waals surface area (Å²) in [6.07, 6.45) is -1.48. The van der Waals surface area contributed by atoms with Gasteiger partial charge in [0, 0.05) is 4.47 Å². The van der Waals surface area contributed by atoms with Gasteiger partial charge in [0.25, 0.3) is 0 Å². The fraction of sp³-hybridized carbons (Fsp3) is 0.0833. The van der Waals surface area contributed by atoms with E-state index in [1.807, 2.05) is 18.2 Å². The summed E-state index contributed by atoms with van der Waals surface area (Å²) in [5, 5.41) is 20.0. The summed E-state index contributed by atoms with van der Waals surface area (Å²) >= 11 is 3.34. The SMILES string of the molecule is O=C(O)C(O)c1cccc2cc(Br)ccc12. The number of fused-ring (bicyclic) bond motifs is 1. The minimum atomic E-state index is -1.48. The van der Waals surface area contributed by atoms with Gasteiger partial charge >= 0.3 is 5.97 Å². The highest BCUT2D eigenvalue weighted by Crippen LogP contribution is 2.26. The Morgan fingerprint density at radius 2 is 2.00 bits per heavy atom. The van der Waals surface area contributed by atoms with Crippen molar-refractivity contribution < 1.29 is 15.0 Å². The van der Waals surface area contributed by atoms with Crippen molar-refractivity contribution >= 4 is 32.7 Å². The van der Waals surface area contributed by atoms with E-state index in [1.165, 1.54) is 0 Å². The molecule has 3 nitrogen and oxygen atoms in total. The van der Waals surface area contributed by atoms with E-state index in [4.69, 9.17) is 5.11 Å². The molecule has 2 N–H and O–H groups in total. The van der Waals surface area contributed by atoms with Gasteiger partial charge in [0.2, 0.25) is 0 Å². The number of aliphatic carboxylic acids is 1. The molecule has 1 atom stereocenters. The second-order valence-electron chi connectivity index (χ2n) is 3.45. The Hall–Kier alpha value is -1.39. The van der Waals surface area contributed by atoms with Crippen molar-refractivity contribution in [3.63, 3.8) is 0 Å². The number of hydrogen-bond donors (Lipinski definition) is 2. The maximum absolute atomic E-state index is 10.8. The second-order valence-corrected chi connectivity index (χ2v) is 4.37. The van der Waals surface area contributed by atoms with Crippen LogP contribution in [-0.2, 0) is 4.79 Å². The zero-order chi connectivity index (χ0) is 11.7. The van der Waals surface area contributed by atoms with Crippen LogP contribution >= 0.6 is 15.9 Å². The molecule has 2 aromatic rings. The molecule has 2 aromatic carbocycles. The Kier molecular flexibility index (Phi) is 2.94. The Morgan fingerprint density at radius 3 is 2.69 bits per heavy atom. The number of hydrogen-bond acceptors (Lipinski definition) is 2. The van der Waals surface area contributed by atoms with Gasteiger partial charge in [0.1, 0.15) is 0 Å². The van der Waals surface area contributed by atoms with E-state index in [2.05, 4.69) is 15.9 Å². The average molecular weight is 281 g/mol. The van der Waals surface area contributed by atoms with Gasteiger partial charge in [0.05, 0.1) is 0 Å². The van der Waals surface area contributed by atoms with Crippen molar-refractivity contribution in [2.24, 2.45) is 0 Å². The maximum atomic E-state index is 10.8. The summed E-state index contributed by atoms with van der Waals surface area (Å²) in [7, 11) is 0. The van der Waals surface area contributed by atoms with E-state index >= 15 is 0 Å². The second kappa shape index (κ2) is 4.23. The fourth-order valence-corrected chi connectivity index (χ4v) is 2.03. The number of benzene rings is 2. The van der Waals surface area contributed by atoms with Crippen LogP contribution in [0.2, 0.25) is 0 Å². The highest BCUT2D eigenvalue weighted by molar-refractivity contribution is 9.10. The number of aliphatic hydroxyl groups is 1. The fourth-order valence-electron chi connectivity index (χ4n) is 1.65. The number of carboxylic acid groups (broad SMARTS) is 1. The first-order chi connectivity index (χ1) is 7.59. The summed E-state index contributed by atoms with van der Waals surface area (Å²) in [6, 6.07) is 10.7. The van der Waals surface area contributed by atoms with Crippen molar-refractivity contribution in [2.75, 3.05) is 0 Å². The molecule has 0 heterocycles. The van der Waals surface area contributed by atoms with Crippen LogP contribution < -0.4 is 0 Å². The molecule has 0 aliphatic rings. The van der Waals surface area contributed by atoms with E-state index in [0.29, 0.717) is 5.56 Å². The maximum Gasteiger partial charge on any atom is 0.337 e. The smallest absolute Gasteiger partial charge is 0.337 e. The van der Waals surface area contributed by atoms with Crippen LogP contribution in [0.5, 0.6) is 0 Å². The largest absolute Gasteiger partial charge is 0.479 e. The van der Waals surface area contributed by atoms with Gasteiger partial charge in [0.15, 0.2) is 6.10 Å². The molecule has 0 spiro atoms. The topological polar surface area (TPSA) is 57.5 Å². The van der Waals surface area contributed by atoms with Crippen LogP contribution in [0.15, 0.2) is 40.9 Å². The molecule has 0 amide bonds. The molecule has 0 bridgehead atoms. The summed E-state index contributed by atoms with van der Waals surface area (Å²) in [5.41, 5.74) is 0.414. The van der Waals surface area contributed by atoms with Gasteiger partial charge in [-0.3, -0.25) is 0 Å². The first-order valence-corrected chi connectivity index (χ1v) is 5.48. The third-order valence-corrected chi connectivity index (χ3v) is 2.90. The van der Waals surface area contributed by atoms with Crippen LogP contribution in [0.4, 0.5) is 0 Å². The van der Waals surface area contributed by atoms with Crippen molar-refractivity contribution in [3.05, 3.63) is 46.4 Å². The van der Waals surface area contributed by atoms with Gasteiger partial charge in [-0.15, -0.1) is 0 Å². The van der Waals surface area contributed by atoms with Crippen LogP contribution in [0.25, 0.3) is 10.8 Å². The third-order valence-electron chi connectivity index (χ3n) is 2.40. The zero-order valence-corrected chi connectivity index (χ0v) is 9.81. The standard InChI is InChI=1S/C12H9BrO3/c13-8-4-5-9-7(6-8)2-1-3-10(9)11(14)12(15)16/h1-6,11,14H,(H,15,16). The van der Waals surface area contributed by atoms with Crippen molar-refractivity contribution in [2.45, 2.75) is 6.10 Å². The highest BCUT2D eigenvalue weighted by Gasteiger charge is 2.17. The number of carboxylic acids is 1. The van der Waals surface area contributed by atoms with Crippen LogP contribution in [-0.4, -0.2) is 16.2 Å². The van der Waals surface area contributed by atoms with Gasteiger partial charge in [-0.25, -0.2) is 4.79 Å². The Bertz CT molecular complexity index is 551. The Labute approximate surface area is 100 Å². The summed E-state index contributed by atoms with van der Waals surface area (Å²) in [4.78, 5) is 10.8. The van der Waals surface area contributed by atoms with E-state index < -0.39 is 12.1 Å². The van der Waals surface area contributed by atoms with Crippen molar-refractivity contribution in [1.82, 2.24) is 0 Å². The van der Waals surface area contributed by atoms with Crippen LogP contribution in [0.3, 0.4) is 0 Å². The molecule has 0 fully saturated rings. The Morgan fingerprint density at radius 1 is 1.25 bits per heavy atom. The molecule has 16 heavy (non-hydrogen) atoms. The Balaban J connectivity index is 2.66. The molecule has 0 saturated carbocycles. The van der Waals surface area contributed by atoms with E-state index in [0.717, 1.165) is 15.2 Å². The predicted molar refractivity (Wildman–Crippen MR) is 64.2 cm³/mol. The van der Waals surface area contributed by atoms with Gasteiger partial charge in [-0.1, -0.05) is 40.2 Å². The van der Waals surface area contributed by atoms with Gasteiger partial charge < -0.3 is 10.2 Å². The number of rotatable bonds is 2. The lowest BCUT2D eigenvalue weighted by Crippen LogP contribution is -2.10.